The second kappa shape index (κ2) is 6.26. The van der Waals surface area contributed by atoms with E-state index in [1.54, 1.807) is 10.9 Å². The molecule has 20 heavy (non-hydrogen) atoms. The number of nitrogens with one attached hydrogen (secondary N) is 2. The lowest BCUT2D eigenvalue weighted by atomic mass is 10.2. The highest BCUT2D eigenvalue weighted by molar-refractivity contribution is 5.74. The fraction of sp³-hybridized carbons (Fsp3) is 0.714. The molecule has 2 N–H and O–H groups in total. The normalized spacial score (nSPS) is 17.9. The first kappa shape index (κ1) is 14.8. The van der Waals surface area contributed by atoms with Gasteiger partial charge in [-0.3, -0.25) is 9.58 Å². The topological polar surface area (TPSA) is 62.2 Å². The fourth-order valence-electron chi connectivity index (χ4n) is 2.22. The molecule has 1 saturated carbocycles. The van der Waals surface area contributed by atoms with Crippen LogP contribution in [0.5, 0.6) is 0 Å². The number of rotatable bonds is 6. The summed E-state index contributed by atoms with van der Waals surface area (Å²) in [5, 5.41) is 9.97. The van der Waals surface area contributed by atoms with Gasteiger partial charge in [0, 0.05) is 37.4 Å². The Balaban J connectivity index is 1.72. The number of carbonyl (C=O) groups excluding carboxylic acids is 1. The summed E-state index contributed by atoms with van der Waals surface area (Å²) >= 11 is 0. The van der Waals surface area contributed by atoms with Crippen molar-refractivity contribution in [3.05, 3.63) is 18.0 Å². The SMILES string of the molecule is C[C@H](NC(=O)NC[C@@H](C)N(C)C1CC1)c1cnn(C)c1. The van der Waals surface area contributed by atoms with Crippen molar-refractivity contribution in [3.8, 4) is 0 Å². The first-order valence-corrected chi connectivity index (χ1v) is 7.22. The minimum atomic E-state index is -0.127. The van der Waals surface area contributed by atoms with Crippen LogP contribution < -0.4 is 10.6 Å². The first-order chi connectivity index (χ1) is 9.47. The van der Waals surface area contributed by atoms with Crippen LogP contribution in [0.2, 0.25) is 0 Å². The van der Waals surface area contributed by atoms with E-state index in [9.17, 15) is 4.79 Å². The van der Waals surface area contributed by atoms with Gasteiger partial charge in [-0.25, -0.2) is 4.79 Å². The quantitative estimate of drug-likeness (QED) is 0.824. The van der Waals surface area contributed by atoms with Gasteiger partial charge in [0.1, 0.15) is 0 Å². The molecule has 0 unspecified atom stereocenters. The maximum atomic E-state index is 11.9. The van der Waals surface area contributed by atoms with Crippen LogP contribution in [0.25, 0.3) is 0 Å². The Morgan fingerprint density at radius 2 is 2.25 bits per heavy atom. The van der Waals surface area contributed by atoms with Crippen LogP contribution in [0.15, 0.2) is 12.4 Å². The van der Waals surface area contributed by atoms with Crippen molar-refractivity contribution >= 4 is 6.03 Å². The zero-order valence-electron chi connectivity index (χ0n) is 12.8. The highest BCUT2D eigenvalue weighted by Gasteiger charge is 2.29. The van der Waals surface area contributed by atoms with Crippen molar-refractivity contribution in [2.24, 2.45) is 7.05 Å². The molecule has 2 atom stereocenters. The van der Waals surface area contributed by atoms with E-state index >= 15 is 0 Å². The first-order valence-electron chi connectivity index (χ1n) is 7.22. The largest absolute Gasteiger partial charge is 0.337 e. The summed E-state index contributed by atoms with van der Waals surface area (Å²) in [6, 6.07) is 0.906. The molecular formula is C14H25N5O. The Morgan fingerprint density at radius 3 is 2.80 bits per heavy atom. The summed E-state index contributed by atoms with van der Waals surface area (Å²) in [5.41, 5.74) is 1.01. The third-order valence-corrected chi connectivity index (χ3v) is 3.95. The predicted molar refractivity (Wildman–Crippen MR) is 78.4 cm³/mol. The van der Waals surface area contributed by atoms with Gasteiger partial charge in [-0.15, -0.1) is 0 Å². The Kier molecular flexibility index (Phi) is 4.65. The lowest BCUT2D eigenvalue weighted by Crippen LogP contribution is -2.45. The Bertz CT molecular complexity index is 454. The third kappa shape index (κ3) is 3.96. The minimum absolute atomic E-state index is 0.0415. The number of aromatic nitrogens is 2. The molecule has 0 saturated heterocycles. The molecule has 1 aromatic rings. The average molecular weight is 279 g/mol. The highest BCUT2D eigenvalue weighted by atomic mass is 16.2. The standard InChI is InChI=1S/C14H25N5O/c1-10(19(4)13-5-6-13)7-15-14(20)17-11(2)12-8-16-18(3)9-12/h8-11,13H,5-7H2,1-4H3,(H2,15,17,20)/t10-,11+/m1/s1. The van der Waals surface area contributed by atoms with Crippen LogP contribution in [0.1, 0.15) is 38.3 Å². The minimum Gasteiger partial charge on any atom is -0.337 e. The fourth-order valence-corrected chi connectivity index (χ4v) is 2.22. The van der Waals surface area contributed by atoms with Crippen molar-refractivity contribution in [3.63, 3.8) is 0 Å². The van der Waals surface area contributed by atoms with Crippen molar-refractivity contribution in [1.29, 1.82) is 0 Å². The van der Waals surface area contributed by atoms with Crippen LogP contribution in [0, 0.1) is 0 Å². The van der Waals surface area contributed by atoms with Crippen LogP contribution in [0.3, 0.4) is 0 Å². The molecule has 0 radical (unpaired) electrons. The second-order valence-electron chi connectivity index (χ2n) is 5.77. The Labute approximate surface area is 120 Å². The molecule has 1 aliphatic rings. The van der Waals surface area contributed by atoms with Gasteiger partial charge < -0.3 is 10.6 Å². The van der Waals surface area contributed by atoms with Gasteiger partial charge in [-0.2, -0.15) is 5.10 Å². The zero-order chi connectivity index (χ0) is 14.7. The number of nitrogens with zero attached hydrogens (tertiary/aromatic N) is 3. The van der Waals surface area contributed by atoms with E-state index in [4.69, 9.17) is 0 Å². The number of carbonyl (C=O) groups is 1. The van der Waals surface area contributed by atoms with E-state index < -0.39 is 0 Å². The van der Waals surface area contributed by atoms with Gasteiger partial charge in [0.2, 0.25) is 0 Å². The molecule has 1 aliphatic carbocycles. The van der Waals surface area contributed by atoms with Crippen LogP contribution in [-0.2, 0) is 7.05 Å². The third-order valence-electron chi connectivity index (χ3n) is 3.95. The molecule has 0 spiro atoms. The molecule has 1 heterocycles. The molecule has 2 rings (SSSR count). The number of urea groups is 1. The van der Waals surface area contributed by atoms with Gasteiger partial charge in [0.25, 0.3) is 0 Å². The lowest BCUT2D eigenvalue weighted by molar-refractivity contribution is 0.220. The number of amides is 2. The maximum absolute atomic E-state index is 11.9. The summed E-state index contributed by atoms with van der Waals surface area (Å²) in [7, 11) is 3.99. The Hall–Kier alpha value is -1.56. The van der Waals surface area contributed by atoms with E-state index in [1.807, 2.05) is 20.2 Å². The second-order valence-corrected chi connectivity index (χ2v) is 5.77. The number of aryl methyl sites for hydroxylation is 1. The smallest absolute Gasteiger partial charge is 0.315 e. The molecule has 0 aliphatic heterocycles. The van der Waals surface area contributed by atoms with E-state index in [-0.39, 0.29) is 12.1 Å². The lowest BCUT2D eigenvalue weighted by Gasteiger charge is -2.25. The molecule has 1 fully saturated rings. The van der Waals surface area contributed by atoms with E-state index in [0.717, 1.165) is 5.56 Å². The molecule has 0 aromatic carbocycles. The molecule has 112 valence electrons. The van der Waals surface area contributed by atoms with Crippen molar-refractivity contribution < 1.29 is 4.79 Å². The molecule has 2 amide bonds. The van der Waals surface area contributed by atoms with Gasteiger partial charge >= 0.3 is 6.03 Å². The van der Waals surface area contributed by atoms with Crippen LogP contribution in [0.4, 0.5) is 4.79 Å². The molecule has 6 heteroatoms. The summed E-state index contributed by atoms with van der Waals surface area (Å²) in [5.74, 6) is 0. The van der Waals surface area contributed by atoms with Gasteiger partial charge in [0.05, 0.1) is 12.2 Å². The summed E-state index contributed by atoms with van der Waals surface area (Å²) in [6.07, 6.45) is 6.25. The highest BCUT2D eigenvalue weighted by Crippen LogP contribution is 2.26. The number of hydrogen-bond donors (Lipinski definition) is 2. The zero-order valence-corrected chi connectivity index (χ0v) is 12.8. The Morgan fingerprint density at radius 1 is 1.55 bits per heavy atom. The van der Waals surface area contributed by atoms with Gasteiger partial charge in [-0.1, -0.05) is 0 Å². The monoisotopic (exact) mass is 279 g/mol. The summed E-state index contributed by atoms with van der Waals surface area (Å²) < 4.78 is 1.73. The van der Waals surface area contributed by atoms with E-state index in [2.05, 4.69) is 34.6 Å². The molecule has 0 bridgehead atoms. The van der Waals surface area contributed by atoms with Crippen molar-refractivity contribution in [1.82, 2.24) is 25.3 Å². The summed E-state index contributed by atoms with van der Waals surface area (Å²) in [6.45, 7) is 4.76. The van der Waals surface area contributed by atoms with Gasteiger partial charge in [-0.05, 0) is 33.7 Å². The van der Waals surface area contributed by atoms with Gasteiger partial charge in [0.15, 0.2) is 0 Å². The van der Waals surface area contributed by atoms with E-state index in [1.165, 1.54) is 12.8 Å². The maximum Gasteiger partial charge on any atom is 0.315 e. The predicted octanol–water partition coefficient (Wildman–Crippen LogP) is 1.26. The molecule has 1 aromatic heterocycles. The van der Waals surface area contributed by atoms with Crippen molar-refractivity contribution in [2.75, 3.05) is 13.6 Å². The molecule has 6 nitrogen and oxygen atoms in total. The molecular weight excluding hydrogens is 254 g/mol. The number of likely N-dealkylation sites (N-methyl/N-ethyl adjacent to an activating group) is 1. The van der Waals surface area contributed by atoms with Crippen LogP contribution in [-0.4, -0.2) is 46.4 Å². The summed E-state index contributed by atoms with van der Waals surface area (Å²) in [4.78, 5) is 14.2. The van der Waals surface area contributed by atoms with Crippen LogP contribution >= 0.6 is 0 Å². The van der Waals surface area contributed by atoms with E-state index in [0.29, 0.717) is 18.6 Å². The van der Waals surface area contributed by atoms with Crippen molar-refractivity contribution in [2.45, 2.75) is 44.8 Å². The average Bonchev–Trinajstić information content (AvgIpc) is 3.17. The number of hydrogen-bond acceptors (Lipinski definition) is 3.